The molecule has 0 spiro atoms. The molecule has 4 rings (SSSR count). The van der Waals surface area contributed by atoms with Gasteiger partial charge in [-0.25, -0.2) is 5.01 Å². The second kappa shape index (κ2) is 9.65. The van der Waals surface area contributed by atoms with Crippen LogP contribution in [0.1, 0.15) is 41.4 Å². The first-order chi connectivity index (χ1) is 18.0. The lowest BCUT2D eigenvalue weighted by atomic mass is 10.1. The highest BCUT2D eigenvalue weighted by atomic mass is 16.6. The van der Waals surface area contributed by atoms with Crippen molar-refractivity contribution in [1.29, 1.82) is 0 Å². The number of hydrogen-bond donors (Lipinski definition) is 0. The number of benzene rings is 3. The summed E-state index contributed by atoms with van der Waals surface area (Å²) >= 11 is 0. The van der Waals surface area contributed by atoms with E-state index in [1.54, 1.807) is 0 Å². The molecule has 0 atom stereocenters. The Bertz CT molecular complexity index is 1570. The summed E-state index contributed by atoms with van der Waals surface area (Å²) in [5.41, 5.74) is -2.94. The van der Waals surface area contributed by atoms with Crippen molar-refractivity contribution in [3.63, 3.8) is 0 Å². The zero-order valence-electron chi connectivity index (χ0n) is 18.9. The number of carbonyl (C=O) groups excluding carboxylic acids is 4. The van der Waals surface area contributed by atoms with Crippen LogP contribution >= 0.6 is 0 Å². The highest BCUT2D eigenvalue weighted by Gasteiger charge is 2.46. The fraction of sp³-hybridized carbons (Fsp3) is 0.0435. The third kappa shape index (κ3) is 4.41. The lowest BCUT2D eigenvalue weighted by molar-refractivity contribution is -0.385. The number of nitro benzene ring substituents is 3. The molecule has 1 heterocycles. The first-order valence-corrected chi connectivity index (χ1v) is 10.5. The van der Waals surface area contributed by atoms with Gasteiger partial charge in [0.1, 0.15) is 12.1 Å². The highest BCUT2D eigenvalue weighted by molar-refractivity contribution is 6.24. The lowest BCUT2D eigenvalue weighted by Gasteiger charge is -2.29. The van der Waals surface area contributed by atoms with Gasteiger partial charge in [0.2, 0.25) is 0 Å². The smallest absolute Gasteiger partial charge is 0.287 e. The maximum atomic E-state index is 13.4. The van der Waals surface area contributed by atoms with Crippen molar-refractivity contribution in [2.75, 3.05) is 6.54 Å². The summed E-state index contributed by atoms with van der Waals surface area (Å²) in [5.74, 6) is -4.40. The van der Waals surface area contributed by atoms with E-state index in [0.717, 1.165) is 48.5 Å². The van der Waals surface area contributed by atoms with Crippen molar-refractivity contribution in [3.05, 3.63) is 119 Å². The molecule has 0 aliphatic carbocycles. The minimum absolute atomic E-state index is 0.219. The number of rotatable bonds is 8. The van der Waals surface area contributed by atoms with Crippen LogP contribution in [0.4, 0.5) is 17.1 Å². The molecule has 15 heteroatoms. The number of hydrogen-bond acceptors (Lipinski definition) is 10. The predicted octanol–water partition coefficient (Wildman–Crippen LogP) is 2.95. The number of non-ortho nitro benzene ring substituents is 2. The van der Waals surface area contributed by atoms with Gasteiger partial charge in [-0.1, -0.05) is 18.2 Å². The molecule has 0 N–H and O–H groups in total. The third-order valence-corrected chi connectivity index (χ3v) is 5.54. The van der Waals surface area contributed by atoms with Crippen LogP contribution in [0.2, 0.25) is 0 Å². The standard InChI is InChI=1S/C23H13N5O10/c29-19(14-3-1-4-16(11-14)27(35)36)12-24(21(30)13-7-9-15(10-8-13)26(33)34)25-22(31)17-5-2-6-18(28(37)38)20(17)23(25)32/h1-11H,12H2. The molecule has 3 aromatic carbocycles. The van der Waals surface area contributed by atoms with Crippen molar-refractivity contribution in [2.45, 2.75) is 0 Å². The summed E-state index contributed by atoms with van der Waals surface area (Å²) in [6.45, 7) is -0.976. The lowest BCUT2D eigenvalue weighted by Crippen LogP contribution is -2.51. The Balaban J connectivity index is 1.78. The number of carbonyl (C=O) groups is 4. The van der Waals surface area contributed by atoms with Gasteiger partial charge >= 0.3 is 0 Å². The van der Waals surface area contributed by atoms with E-state index in [0.29, 0.717) is 5.01 Å². The third-order valence-electron chi connectivity index (χ3n) is 5.54. The monoisotopic (exact) mass is 519 g/mol. The molecule has 0 fully saturated rings. The minimum Gasteiger partial charge on any atom is -0.292 e. The number of Topliss-reactive ketones (excluding diaryl/α,β-unsaturated/α-hetero) is 1. The summed E-state index contributed by atoms with van der Waals surface area (Å²) in [7, 11) is 0. The summed E-state index contributed by atoms with van der Waals surface area (Å²) in [5, 5.41) is 34.2. The van der Waals surface area contributed by atoms with Gasteiger partial charge in [-0.3, -0.25) is 49.5 Å². The SMILES string of the molecule is O=C(CN(C(=O)c1ccc([N+](=O)[O-])cc1)N1C(=O)c2cccc([N+](=O)[O-])c2C1=O)c1cccc([N+](=O)[O-])c1. The molecule has 0 radical (unpaired) electrons. The quantitative estimate of drug-likeness (QED) is 0.184. The van der Waals surface area contributed by atoms with Crippen molar-refractivity contribution in [1.82, 2.24) is 10.0 Å². The zero-order valence-corrected chi connectivity index (χ0v) is 18.9. The highest BCUT2D eigenvalue weighted by Crippen LogP contribution is 2.32. The largest absolute Gasteiger partial charge is 0.292 e. The summed E-state index contributed by atoms with van der Waals surface area (Å²) in [4.78, 5) is 84.1. The molecule has 0 saturated carbocycles. The second-order valence-electron chi connectivity index (χ2n) is 7.78. The molecule has 0 aromatic heterocycles. The van der Waals surface area contributed by atoms with Gasteiger partial charge in [0.05, 0.1) is 20.3 Å². The Kier molecular flexibility index (Phi) is 6.41. The molecule has 190 valence electrons. The van der Waals surface area contributed by atoms with Gasteiger partial charge in [0.15, 0.2) is 5.78 Å². The van der Waals surface area contributed by atoms with Gasteiger partial charge in [-0.15, -0.1) is 0 Å². The molecule has 0 bridgehead atoms. The molecule has 15 nitrogen and oxygen atoms in total. The number of amides is 3. The number of nitro groups is 3. The van der Waals surface area contributed by atoms with E-state index >= 15 is 0 Å². The van der Waals surface area contributed by atoms with E-state index in [2.05, 4.69) is 0 Å². The molecule has 3 amide bonds. The summed E-state index contributed by atoms with van der Waals surface area (Å²) in [6.07, 6.45) is 0. The van der Waals surface area contributed by atoms with Crippen LogP contribution in [0.15, 0.2) is 66.7 Å². The van der Waals surface area contributed by atoms with Crippen molar-refractivity contribution in [3.8, 4) is 0 Å². The molecular weight excluding hydrogens is 506 g/mol. The Labute approximate surface area is 210 Å². The normalized spacial score (nSPS) is 12.2. The topological polar surface area (TPSA) is 204 Å². The number of imide groups is 1. The van der Waals surface area contributed by atoms with E-state index in [1.165, 1.54) is 18.2 Å². The molecule has 1 aliphatic heterocycles. The maximum Gasteiger partial charge on any atom is 0.287 e. The van der Waals surface area contributed by atoms with E-state index in [4.69, 9.17) is 0 Å². The Morgan fingerprint density at radius 3 is 1.97 bits per heavy atom. The van der Waals surface area contributed by atoms with Crippen molar-refractivity contribution in [2.24, 2.45) is 0 Å². The van der Waals surface area contributed by atoms with E-state index in [9.17, 15) is 49.5 Å². The van der Waals surface area contributed by atoms with Crippen molar-refractivity contribution < 1.29 is 33.9 Å². The van der Waals surface area contributed by atoms with E-state index < -0.39 is 61.8 Å². The summed E-state index contributed by atoms with van der Waals surface area (Å²) < 4.78 is 0. The average Bonchev–Trinajstić information content (AvgIpc) is 3.16. The average molecular weight is 519 g/mol. The molecule has 0 saturated heterocycles. The fourth-order valence-electron chi connectivity index (χ4n) is 3.76. The van der Waals surface area contributed by atoms with E-state index in [-0.39, 0.29) is 27.4 Å². The van der Waals surface area contributed by atoms with Gasteiger partial charge in [0, 0.05) is 41.5 Å². The first-order valence-electron chi connectivity index (χ1n) is 10.5. The van der Waals surface area contributed by atoms with Gasteiger partial charge in [-0.2, -0.15) is 5.01 Å². The van der Waals surface area contributed by atoms with Crippen LogP contribution in [0.3, 0.4) is 0 Å². The Morgan fingerprint density at radius 1 is 0.737 bits per heavy atom. The van der Waals surface area contributed by atoms with Crippen LogP contribution in [-0.4, -0.2) is 54.8 Å². The van der Waals surface area contributed by atoms with Crippen molar-refractivity contribution >= 4 is 40.6 Å². The molecule has 3 aromatic rings. The Morgan fingerprint density at radius 2 is 1.37 bits per heavy atom. The molecule has 0 unspecified atom stereocenters. The maximum absolute atomic E-state index is 13.4. The number of nitrogens with zero attached hydrogens (tertiary/aromatic N) is 5. The van der Waals surface area contributed by atoms with Gasteiger partial charge < -0.3 is 0 Å². The van der Waals surface area contributed by atoms with Crippen LogP contribution in [-0.2, 0) is 0 Å². The van der Waals surface area contributed by atoms with Crippen LogP contribution in [0, 0.1) is 30.3 Å². The molecular formula is C23H13N5O10. The first kappa shape index (κ1) is 25.2. The Hall–Kier alpha value is -5.86. The molecule has 38 heavy (non-hydrogen) atoms. The molecule has 1 aliphatic rings. The second-order valence-corrected chi connectivity index (χ2v) is 7.78. The van der Waals surface area contributed by atoms with Crippen LogP contribution in [0.25, 0.3) is 0 Å². The van der Waals surface area contributed by atoms with Crippen LogP contribution < -0.4 is 0 Å². The van der Waals surface area contributed by atoms with Crippen LogP contribution in [0.5, 0.6) is 0 Å². The number of hydrazine groups is 1. The fourth-order valence-corrected chi connectivity index (χ4v) is 3.76. The summed E-state index contributed by atoms with van der Waals surface area (Å²) in [6, 6.07) is 11.8. The van der Waals surface area contributed by atoms with Gasteiger partial charge in [-0.05, 0) is 18.2 Å². The minimum atomic E-state index is -1.25. The number of ketones is 1. The zero-order chi connectivity index (χ0) is 27.7. The van der Waals surface area contributed by atoms with E-state index in [1.807, 2.05) is 0 Å². The number of fused-ring (bicyclic) bond motifs is 1. The predicted molar refractivity (Wildman–Crippen MR) is 125 cm³/mol. The van der Waals surface area contributed by atoms with Gasteiger partial charge in [0.25, 0.3) is 34.8 Å².